The smallest absolute Gasteiger partial charge is 0.324 e. The number of hydrogen-bond acceptors (Lipinski definition) is 6. The Morgan fingerprint density at radius 2 is 2.03 bits per heavy atom. The highest BCUT2D eigenvalue weighted by Crippen LogP contribution is 2.37. The highest BCUT2D eigenvalue weighted by molar-refractivity contribution is 7.17. The fourth-order valence-electron chi connectivity index (χ4n) is 3.25. The van der Waals surface area contributed by atoms with Crippen LogP contribution in [-0.4, -0.2) is 51.5 Å². The van der Waals surface area contributed by atoms with Crippen LogP contribution in [0.1, 0.15) is 21.8 Å². The predicted molar refractivity (Wildman–Crippen MR) is 108 cm³/mol. The molecule has 3 aromatic rings. The van der Waals surface area contributed by atoms with E-state index in [0.717, 1.165) is 29.0 Å². The zero-order valence-corrected chi connectivity index (χ0v) is 17.0. The standard InChI is InChI=1S/C20H17F3N6OS/c21-20(22,23)11-29-10-15(9-26-29)17-16(14-4-2-13(8-24)3-5-14)27-18(31-17)19(30)28-7-1-6-25-12-28/h2-5,9-10,25H,1,6-7,11-12H2. The van der Waals surface area contributed by atoms with Gasteiger partial charge in [-0.2, -0.15) is 23.5 Å². The normalized spacial score (nSPS) is 14.5. The van der Waals surface area contributed by atoms with Crippen molar-refractivity contribution >= 4 is 17.2 Å². The first-order valence-corrected chi connectivity index (χ1v) is 10.3. The van der Waals surface area contributed by atoms with Crippen LogP contribution in [0.2, 0.25) is 0 Å². The summed E-state index contributed by atoms with van der Waals surface area (Å²) in [6.07, 6.45) is -0.931. The van der Waals surface area contributed by atoms with Gasteiger partial charge in [0.25, 0.3) is 5.91 Å². The van der Waals surface area contributed by atoms with Gasteiger partial charge in [0.1, 0.15) is 6.54 Å². The predicted octanol–water partition coefficient (Wildman–Crippen LogP) is 3.50. The Bertz CT molecular complexity index is 1120. The van der Waals surface area contributed by atoms with Crippen molar-refractivity contribution in [2.75, 3.05) is 19.8 Å². The molecule has 0 bridgehead atoms. The Morgan fingerprint density at radius 1 is 1.26 bits per heavy atom. The molecule has 1 aliphatic heterocycles. The van der Waals surface area contributed by atoms with Crippen LogP contribution in [0.5, 0.6) is 0 Å². The number of rotatable bonds is 4. The summed E-state index contributed by atoms with van der Waals surface area (Å²) in [5, 5.41) is 16.2. The summed E-state index contributed by atoms with van der Waals surface area (Å²) in [5.74, 6) is -0.235. The highest BCUT2D eigenvalue weighted by atomic mass is 32.1. The van der Waals surface area contributed by atoms with Gasteiger partial charge in [-0.25, -0.2) is 4.98 Å². The Labute approximate surface area is 179 Å². The molecule has 0 unspecified atom stereocenters. The molecule has 0 saturated carbocycles. The SMILES string of the molecule is N#Cc1ccc(-c2nc(C(=O)N3CCCNC3)sc2-c2cnn(CC(F)(F)F)c2)cc1. The Morgan fingerprint density at radius 3 is 2.68 bits per heavy atom. The molecule has 1 aliphatic rings. The largest absolute Gasteiger partial charge is 0.408 e. The van der Waals surface area contributed by atoms with Gasteiger partial charge in [0.2, 0.25) is 0 Å². The number of carbonyl (C=O) groups excluding carboxylic acids is 1. The lowest BCUT2D eigenvalue weighted by Gasteiger charge is -2.26. The highest BCUT2D eigenvalue weighted by Gasteiger charge is 2.29. The van der Waals surface area contributed by atoms with Crippen LogP contribution < -0.4 is 5.32 Å². The first kappa shape index (κ1) is 21.0. The Kier molecular flexibility index (Phi) is 5.75. The van der Waals surface area contributed by atoms with Crippen molar-refractivity contribution in [2.24, 2.45) is 0 Å². The first-order valence-electron chi connectivity index (χ1n) is 9.45. The number of nitriles is 1. The number of nitrogens with one attached hydrogen (secondary N) is 1. The van der Waals surface area contributed by atoms with Crippen LogP contribution in [0.3, 0.4) is 0 Å². The quantitative estimate of drug-likeness (QED) is 0.663. The van der Waals surface area contributed by atoms with E-state index in [1.54, 1.807) is 29.2 Å². The average Bonchev–Trinajstić information content (AvgIpc) is 3.40. The van der Waals surface area contributed by atoms with Crippen molar-refractivity contribution in [3.63, 3.8) is 0 Å². The molecule has 160 valence electrons. The summed E-state index contributed by atoms with van der Waals surface area (Å²) in [5.41, 5.74) is 2.03. The van der Waals surface area contributed by atoms with E-state index in [-0.39, 0.29) is 10.9 Å². The third kappa shape index (κ3) is 4.76. The molecule has 1 saturated heterocycles. The van der Waals surface area contributed by atoms with Crippen molar-refractivity contribution in [2.45, 2.75) is 19.1 Å². The van der Waals surface area contributed by atoms with Gasteiger partial charge in [0.15, 0.2) is 5.01 Å². The average molecular weight is 446 g/mol. The number of amides is 1. The molecule has 31 heavy (non-hydrogen) atoms. The van der Waals surface area contributed by atoms with E-state index < -0.39 is 12.7 Å². The molecule has 11 heteroatoms. The lowest BCUT2D eigenvalue weighted by Crippen LogP contribution is -2.44. The summed E-state index contributed by atoms with van der Waals surface area (Å²) in [6, 6.07) is 8.70. The maximum atomic E-state index is 12.9. The van der Waals surface area contributed by atoms with E-state index >= 15 is 0 Å². The number of nitrogens with zero attached hydrogens (tertiary/aromatic N) is 5. The van der Waals surface area contributed by atoms with Crippen molar-refractivity contribution in [1.82, 2.24) is 25.0 Å². The second-order valence-electron chi connectivity index (χ2n) is 7.01. The molecular weight excluding hydrogens is 429 g/mol. The van der Waals surface area contributed by atoms with E-state index in [4.69, 9.17) is 5.26 Å². The number of alkyl halides is 3. The van der Waals surface area contributed by atoms with Crippen molar-refractivity contribution in [3.05, 3.63) is 47.2 Å². The monoisotopic (exact) mass is 446 g/mol. The summed E-state index contributed by atoms with van der Waals surface area (Å²) in [6.45, 7) is 0.658. The topological polar surface area (TPSA) is 86.8 Å². The van der Waals surface area contributed by atoms with E-state index in [9.17, 15) is 18.0 Å². The number of benzene rings is 1. The number of thiazole rings is 1. The molecule has 2 aromatic heterocycles. The summed E-state index contributed by atoms with van der Waals surface area (Å²) < 4.78 is 39.0. The van der Waals surface area contributed by atoms with Gasteiger partial charge >= 0.3 is 6.18 Å². The van der Waals surface area contributed by atoms with Crippen LogP contribution in [0.4, 0.5) is 13.2 Å². The molecule has 0 spiro atoms. The molecule has 1 aromatic carbocycles. The van der Waals surface area contributed by atoms with Gasteiger partial charge in [-0.05, 0) is 25.1 Å². The number of aromatic nitrogens is 3. The molecule has 1 fully saturated rings. The van der Waals surface area contributed by atoms with Crippen molar-refractivity contribution < 1.29 is 18.0 Å². The molecule has 1 N–H and O–H groups in total. The van der Waals surface area contributed by atoms with E-state index in [1.165, 1.54) is 12.4 Å². The van der Waals surface area contributed by atoms with Gasteiger partial charge < -0.3 is 4.90 Å². The minimum absolute atomic E-state index is 0.235. The third-order valence-corrected chi connectivity index (χ3v) is 5.80. The number of halogens is 3. The Balaban J connectivity index is 1.74. The molecule has 4 rings (SSSR count). The fourth-order valence-corrected chi connectivity index (χ4v) is 4.28. The van der Waals surface area contributed by atoms with Gasteiger partial charge in [0.05, 0.1) is 35.1 Å². The molecular formula is C20H17F3N6OS. The maximum Gasteiger partial charge on any atom is 0.408 e. The molecule has 7 nitrogen and oxygen atoms in total. The lowest BCUT2D eigenvalue weighted by atomic mass is 10.1. The Hall–Kier alpha value is -3.23. The molecule has 0 aliphatic carbocycles. The van der Waals surface area contributed by atoms with E-state index in [2.05, 4.69) is 15.4 Å². The zero-order chi connectivity index (χ0) is 22.0. The maximum absolute atomic E-state index is 12.9. The zero-order valence-electron chi connectivity index (χ0n) is 16.2. The van der Waals surface area contributed by atoms with E-state index in [0.29, 0.717) is 40.5 Å². The summed E-state index contributed by atoms with van der Waals surface area (Å²) in [4.78, 5) is 19.7. The van der Waals surface area contributed by atoms with Gasteiger partial charge in [-0.1, -0.05) is 12.1 Å². The van der Waals surface area contributed by atoms with Gasteiger partial charge in [-0.15, -0.1) is 11.3 Å². The second kappa shape index (κ2) is 8.49. The van der Waals surface area contributed by atoms with Crippen molar-refractivity contribution in [1.29, 1.82) is 5.26 Å². The van der Waals surface area contributed by atoms with E-state index in [1.807, 2.05) is 6.07 Å². The minimum atomic E-state index is -4.39. The number of hydrogen-bond donors (Lipinski definition) is 1. The van der Waals surface area contributed by atoms with Gasteiger partial charge in [-0.3, -0.25) is 14.8 Å². The molecule has 3 heterocycles. The minimum Gasteiger partial charge on any atom is -0.324 e. The van der Waals surface area contributed by atoms with Crippen molar-refractivity contribution in [3.8, 4) is 27.8 Å². The summed E-state index contributed by atoms with van der Waals surface area (Å²) in [7, 11) is 0. The second-order valence-corrected chi connectivity index (χ2v) is 8.01. The molecule has 0 radical (unpaired) electrons. The van der Waals surface area contributed by atoms with Crippen LogP contribution in [-0.2, 0) is 6.54 Å². The summed E-state index contributed by atoms with van der Waals surface area (Å²) >= 11 is 1.12. The van der Waals surface area contributed by atoms with Gasteiger partial charge in [0, 0.05) is 23.9 Å². The first-order chi connectivity index (χ1) is 14.8. The van der Waals surface area contributed by atoms with Crippen LogP contribution >= 0.6 is 11.3 Å². The third-order valence-electron chi connectivity index (χ3n) is 4.71. The fraction of sp³-hybridized carbons (Fsp3) is 0.300. The lowest BCUT2D eigenvalue weighted by molar-refractivity contribution is -0.142. The molecule has 0 atom stereocenters. The van der Waals surface area contributed by atoms with Crippen LogP contribution in [0.15, 0.2) is 36.7 Å². The van der Waals surface area contributed by atoms with Crippen LogP contribution in [0, 0.1) is 11.3 Å². The van der Waals surface area contributed by atoms with Crippen LogP contribution in [0.25, 0.3) is 21.7 Å². The number of carbonyl (C=O) groups is 1. The molecule has 1 amide bonds.